The van der Waals surface area contributed by atoms with Crippen LogP contribution in [0.3, 0.4) is 0 Å². The van der Waals surface area contributed by atoms with E-state index in [9.17, 15) is 4.39 Å². The van der Waals surface area contributed by atoms with Crippen LogP contribution in [0.5, 0.6) is 0 Å². The first kappa shape index (κ1) is 13.9. The fraction of sp³-hybridized carbons (Fsp3) is 0.600. The molecule has 3 heteroatoms. The molecule has 0 saturated heterocycles. The van der Waals surface area contributed by atoms with Crippen LogP contribution in [0.4, 0.5) is 4.39 Å². The molecule has 1 aliphatic heterocycles. The average molecular weight is 267 g/mol. The first-order chi connectivity index (χ1) is 8.61. The standard InChI is InChI=1S/C15H22FNS/c1-4-13(10(2)3)17-14-7-8-18-15-6-5-11(16)9-12(14)15/h5-6,9-10,13-14,17H,4,7-8H2,1-3H3. The van der Waals surface area contributed by atoms with Crippen molar-refractivity contribution in [2.75, 3.05) is 5.75 Å². The minimum absolute atomic E-state index is 0.124. The summed E-state index contributed by atoms with van der Waals surface area (Å²) in [6, 6.07) is 6.00. The Morgan fingerprint density at radius 1 is 1.44 bits per heavy atom. The van der Waals surface area contributed by atoms with Crippen molar-refractivity contribution in [2.24, 2.45) is 5.92 Å². The molecule has 1 aromatic carbocycles. The first-order valence-corrected chi connectivity index (χ1v) is 7.78. The van der Waals surface area contributed by atoms with Gasteiger partial charge in [0.1, 0.15) is 5.82 Å². The summed E-state index contributed by atoms with van der Waals surface area (Å²) in [5.74, 6) is 1.60. The van der Waals surface area contributed by atoms with Gasteiger partial charge in [0.2, 0.25) is 0 Å². The smallest absolute Gasteiger partial charge is 0.123 e. The van der Waals surface area contributed by atoms with Crippen molar-refractivity contribution in [1.82, 2.24) is 5.32 Å². The third-order valence-electron chi connectivity index (χ3n) is 3.67. The summed E-state index contributed by atoms with van der Waals surface area (Å²) >= 11 is 1.84. The lowest BCUT2D eigenvalue weighted by molar-refractivity contribution is 0.337. The van der Waals surface area contributed by atoms with Gasteiger partial charge in [-0.2, -0.15) is 0 Å². The number of nitrogens with one attached hydrogen (secondary N) is 1. The number of hydrogen-bond donors (Lipinski definition) is 1. The average Bonchev–Trinajstić information content (AvgIpc) is 2.35. The maximum absolute atomic E-state index is 13.4. The van der Waals surface area contributed by atoms with Crippen molar-refractivity contribution in [3.05, 3.63) is 29.6 Å². The molecule has 1 heterocycles. The lowest BCUT2D eigenvalue weighted by atomic mass is 9.97. The molecular weight excluding hydrogens is 245 g/mol. The van der Waals surface area contributed by atoms with Gasteiger partial charge in [-0.1, -0.05) is 20.8 Å². The molecule has 0 radical (unpaired) electrons. The SMILES string of the molecule is CCC(NC1CCSc2ccc(F)cc21)C(C)C. The van der Waals surface area contributed by atoms with Gasteiger partial charge < -0.3 is 5.32 Å². The topological polar surface area (TPSA) is 12.0 Å². The zero-order valence-electron chi connectivity index (χ0n) is 11.4. The number of fused-ring (bicyclic) bond motifs is 1. The third-order valence-corrected chi connectivity index (χ3v) is 4.79. The van der Waals surface area contributed by atoms with E-state index in [2.05, 4.69) is 26.1 Å². The van der Waals surface area contributed by atoms with Crippen molar-refractivity contribution >= 4 is 11.8 Å². The van der Waals surface area contributed by atoms with E-state index < -0.39 is 0 Å². The highest BCUT2D eigenvalue weighted by Gasteiger charge is 2.24. The molecular formula is C15H22FNS. The Hall–Kier alpha value is -0.540. The van der Waals surface area contributed by atoms with Gasteiger partial charge in [0.05, 0.1) is 0 Å². The molecule has 0 saturated carbocycles. The predicted molar refractivity (Wildman–Crippen MR) is 76.5 cm³/mol. The highest BCUT2D eigenvalue weighted by molar-refractivity contribution is 7.99. The van der Waals surface area contributed by atoms with Gasteiger partial charge in [-0.15, -0.1) is 11.8 Å². The van der Waals surface area contributed by atoms with E-state index in [1.54, 1.807) is 12.1 Å². The molecule has 2 rings (SSSR count). The van der Waals surface area contributed by atoms with Crippen molar-refractivity contribution in [1.29, 1.82) is 0 Å². The molecule has 1 aromatic rings. The number of halogens is 1. The fourth-order valence-corrected chi connectivity index (χ4v) is 3.68. The summed E-state index contributed by atoms with van der Waals surface area (Å²) in [6.45, 7) is 6.69. The quantitative estimate of drug-likeness (QED) is 0.868. The van der Waals surface area contributed by atoms with E-state index in [1.807, 2.05) is 17.8 Å². The second-order valence-electron chi connectivity index (χ2n) is 5.30. The van der Waals surface area contributed by atoms with Crippen molar-refractivity contribution in [2.45, 2.75) is 50.6 Å². The highest BCUT2D eigenvalue weighted by Crippen LogP contribution is 2.37. The second-order valence-corrected chi connectivity index (χ2v) is 6.43. The summed E-state index contributed by atoms with van der Waals surface area (Å²) in [5.41, 5.74) is 1.14. The van der Waals surface area contributed by atoms with E-state index in [1.165, 1.54) is 4.90 Å². The zero-order valence-corrected chi connectivity index (χ0v) is 12.2. The van der Waals surface area contributed by atoms with Crippen LogP contribution >= 0.6 is 11.8 Å². The van der Waals surface area contributed by atoms with Gasteiger partial charge in [-0.3, -0.25) is 0 Å². The fourth-order valence-electron chi connectivity index (χ4n) is 2.58. The van der Waals surface area contributed by atoms with Crippen LogP contribution in [-0.4, -0.2) is 11.8 Å². The van der Waals surface area contributed by atoms with Crippen LogP contribution < -0.4 is 5.32 Å². The molecule has 18 heavy (non-hydrogen) atoms. The van der Waals surface area contributed by atoms with Crippen LogP contribution in [-0.2, 0) is 0 Å². The Kier molecular flexibility index (Phi) is 4.68. The molecule has 2 unspecified atom stereocenters. The molecule has 1 N–H and O–H groups in total. The molecule has 0 fully saturated rings. The lowest BCUT2D eigenvalue weighted by Gasteiger charge is -2.31. The Morgan fingerprint density at radius 3 is 2.89 bits per heavy atom. The second kappa shape index (κ2) is 6.07. The summed E-state index contributed by atoms with van der Waals surface area (Å²) in [6.07, 6.45) is 2.20. The monoisotopic (exact) mass is 267 g/mol. The minimum atomic E-state index is -0.124. The first-order valence-electron chi connectivity index (χ1n) is 6.80. The molecule has 0 aliphatic carbocycles. The minimum Gasteiger partial charge on any atom is -0.307 e. The zero-order chi connectivity index (χ0) is 13.1. The molecule has 1 aliphatic rings. The van der Waals surface area contributed by atoms with Crippen molar-refractivity contribution in [3.8, 4) is 0 Å². The van der Waals surface area contributed by atoms with Crippen LogP contribution in [0.25, 0.3) is 0 Å². The number of benzene rings is 1. The van der Waals surface area contributed by atoms with E-state index in [4.69, 9.17) is 0 Å². The molecule has 2 atom stereocenters. The Bertz CT molecular complexity index is 405. The van der Waals surface area contributed by atoms with Crippen molar-refractivity contribution < 1.29 is 4.39 Å². The van der Waals surface area contributed by atoms with Crippen LogP contribution in [0.1, 0.15) is 45.2 Å². The van der Waals surface area contributed by atoms with E-state index >= 15 is 0 Å². The normalized spacial score (nSPS) is 20.8. The summed E-state index contributed by atoms with van der Waals surface area (Å²) < 4.78 is 13.4. The van der Waals surface area contributed by atoms with E-state index in [0.717, 1.165) is 24.2 Å². The van der Waals surface area contributed by atoms with Crippen LogP contribution in [0.15, 0.2) is 23.1 Å². The molecule has 0 aromatic heterocycles. The Balaban J connectivity index is 2.19. The van der Waals surface area contributed by atoms with Gasteiger partial charge in [0, 0.05) is 17.0 Å². The molecule has 100 valence electrons. The van der Waals surface area contributed by atoms with Gasteiger partial charge in [-0.05, 0) is 48.3 Å². The maximum atomic E-state index is 13.4. The summed E-state index contributed by atoms with van der Waals surface area (Å²) in [4.78, 5) is 1.23. The largest absolute Gasteiger partial charge is 0.307 e. The molecule has 0 spiro atoms. The van der Waals surface area contributed by atoms with E-state index in [0.29, 0.717) is 18.0 Å². The summed E-state index contributed by atoms with van der Waals surface area (Å²) in [7, 11) is 0. The lowest BCUT2D eigenvalue weighted by Crippen LogP contribution is -2.37. The van der Waals surface area contributed by atoms with E-state index in [-0.39, 0.29) is 5.82 Å². The van der Waals surface area contributed by atoms with Crippen LogP contribution in [0.2, 0.25) is 0 Å². The van der Waals surface area contributed by atoms with Crippen LogP contribution in [0, 0.1) is 11.7 Å². The third kappa shape index (κ3) is 3.07. The molecule has 1 nitrogen and oxygen atoms in total. The number of thioether (sulfide) groups is 1. The Labute approximate surface area is 114 Å². The van der Waals surface area contributed by atoms with Gasteiger partial charge in [-0.25, -0.2) is 4.39 Å². The maximum Gasteiger partial charge on any atom is 0.123 e. The predicted octanol–water partition coefficient (Wildman–Crippen LogP) is 4.39. The van der Waals surface area contributed by atoms with Crippen molar-refractivity contribution in [3.63, 3.8) is 0 Å². The number of hydrogen-bond acceptors (Lipinski definition) is 2. The summed E-state index contributed by atoms with van der Waals surface area (Å²) in [5, 5.41) is 3.71. The van der Waals surface area contributed by atoms with Gasteiger partial charge >= 0.3 is 0 Å². The highest BCUT2D eigenvalue weighted by atomic mass is 32.2. The van der Waals surface area contributed by atoms with Gasteiger partial charge in [0.25, 0.3) is 0 Å². The number of rotatable bonds is 4. The molecule has 0 amide bonds. The molecule has 0 bridgehead atoms. The van der Waals surface area contributed by atoms with Gasteiger partial charge in [0.15, 0.2) is 0 Å². The Morgan fingerprint density at radius 2 is 2.22 bits per heavy atom.